The molecular formula is C23H28FN7O2S. The third-order valence-electron chi connectivity index (χ3n) is 6.76. The molecule has 3 N–H and O–H groups in total. The van der Waals surface area contributed by atoms with E-state index in [1.807, 2.05) is 18.1 Å². The molecular weight excluding hydrogens is 457 g/mol. The number of hydrogen-bond acceptors (Lipinski definition) is 7. The highest BCUT2D eigenvalue weighted by Crippen LogP contribution is 2.46. The minimum atomic E-state index is -4.00. The van der Waals surface area contributed by atoms with Crippen LogP contribution in [0.25, 0.3) is 11.0 Å². The van der Waals surface area contributed by atoms with Gasteiger partial charge in [0, 0.05) is 18.6 Å². The van der Waals surface area contributed by atoms with E-state index in [-0.39, 0.29) is 28.0 Å². The van der Waals surface area contributed by atoms with Gasteiger partial charge >= 0.3 is 0 Å². The SMILES string of the molecule is CC(C)C1=NN(C)c2cc3cnc(Nc4ccc(S(N)(=O)=O)cc4F)nc3n2C12CCCCC2. The van der Waals surface area contributed by atoms with Crippen LogP contribution in [0.2, 0.25) is 0 Å². The first-order valence-electron chi connectivity index (χ1n) is 11.4. The number of halogens is 1. The largest absolute Gasteiger partial charge is 0.322 e. The summed E-state index contributed by atoms with van der Waals surface area (Å²) in [5.41, 5.74) is 1.73. The first kappa shape index (κ1) is 22.7. The molecule has 1 spiro atoms. The van der Waals surface area contributed by atoms with Gasteiger partial charge in [-0.15, -0.1) is 0 Å². The normalized spacial score (nSPS) is 17.8. The van der Waals surface area contributed by atoms with Crippen molar-refractivity contribution >= 4 is 44.2 Å². The molecule has 0 radical (unpaired) electrons. The van der Waals surface area contributed by atoms with E-state index in [1.54, 1.807) is 6.20 Å². The molecule has 1 aliphatic heterocycles. The second-order valence-electron chi connectivity index (χ2n) is 9.38. The smallest absolute Gasteiger partial charge is 0.238 e. The van der Waals surface area contributed by atoms with Gasteiger partial charge in [-0.3, -0.25) is 9.58 Å². The van der Waals surface area contributed by atoms with Crippen LogP contribution in [0.15, 0.2) is 40.5 Å². The third kappa shape index (κ3) is 3.63. The van der Waals surface area contributed by atoms with E-state index in [9.17, 15) is 12.8 Å². The Labute approximate surface area is 197 Å². The monoisotopic (exact) mass is 485 g/mol. The Morgan fingerprint density at radius 3 is 2.56 bits per heavy atom. The molecule has 0 amide bonds. The second kappa shape index (κ2) is 8.02. The first-order valence-corrected chi connectivity index (χ1v) is 13.0. The highest BCUT2D eigenvalue weighted by atomic mass is 32.2. The fourth-order valence-corrected chi connectivity index (χ4v) is 5.81. The Morgan fingerprint density at radius 1 is 1.18 bits per heavy atom. The Hall–Kier alpha value is -3.05. The standard InChI is InChI=1S/C23H28FN7O2S/c1-14(2)20-23(9-5-4-6-10-23)31-19(30(3)29-20)11-15-13-26-22(28-21(15)31)27-18-8-7-16(12-17(18)24)34(25,32)33/h7-8,11-14H,4-6,9-10H2,1-3H3,(H2,25,32,33)(H,26,27,28). The van der Waals surface area contributed by atoms with Gasteiger partial charge in [0.05, 0.1) is 21.8 Å². The quantitative estimate of drug-likeness (QED) is 0.575. The predicted octanol–water partition coefficient (Wildman–Crippen LogP) is 4.08. The number of sulfonamides is 1. The number of hydrogen-bond donors (Lipinski definition) is 2. The average molecular weight is 486 g/mol. The van der Waals surface area contributed by atoms with Crippen molar-refractivity contribution < 1.29 is 12.8 Å². The van der Waals surface area contributed by atoms with Gasteiger partial charge in [-0.05, 0) is 43.0 Å². The lowest BCUT2D eigenvalue weighted by Crippen LogP contribution is -2.50. The summed E-state index contributed by atoms with van der Waals surface area (Å²) in [6.07, 6.45) is 7.13. The molecule has 1 aromatic carbocycles. The van der Waals surface area contributed by atoms with E-state index in [2.05, 4.69) is 28.7 Å². The van der Waals surface area contributed by atoms with Gasteiger partial charge in [-0.1, -0.05) is 33.1 Å². The summed E-state index contributed by atoms with van der Waals surface area (Å²) in [7, 11) is -2.06. The summed E-state index contributed by atoms with van der Waals surface area (Å²) in [6, 6.07) is 5.48. The van der Waals surface area contributed by atoms with Crippen molar-refractivity contribution in [2.75, 3.05) is 17.4 Å². The summed E-state index contributed by atoms with van der Waals surface area (Å²) in [5, 5.41) is 15.7. The Kier molecular flexibility index (Phi) is 5.36. The van der Waals surface area contributed by atoms with Crippen LogP contribution >= 0.6 is 0 Å². The van der Waals surface area contributed by atoms with Gasteiger partial charge < -0.3 is 5.32 Å². The summed E-state index contributed by atoms with van der Waals surface area (Å²) >= 11 is 0. The van der Waals surface area contributed by atoms with E-state index in [0.29, 0.717) is 0 Å². The zero-order chi connectivity index (χ0) is 24.3. The molecule has 2 aromatic heterocycles. The third-order valence-corrected chi connectivity index (χ3v) is 7.67. The number of nitrogens with two attached hydrogens (primary N) is 1. The lowest BCUT2D eigenvalue weighted by atomic mass is 9.74. The van der Waals surface area contributed by atoms with Crippen LogP contribution in [-0.2, 0) is 15.6 Å². The van der Waals surface area contributed by atoms with Crippen molar-refractivity contribution in [1.82, 2.24) is 14.5 Å². The molecule has 34 heavy (non-hydrogen) atoms. The molecule has 11 heteroatoms. The van der Waals surface area contributed by atoms with Crippen molar-refractivity contribution in [3.63, 3.8) is 0 Å². The topological polar surface area (TPSA) is 118 Å². The van der Waals surface area contributed by atoms with Gasteiger partial charge in [0.15, 0.2) is 0 Å². The van der Waals surface area contributed by atoms with Crippen LogP contribution < -0.4 is 15.5 Å². The number of aromatic nitrogens is 3. The highest BCUT2D eigenvalue weighted by molar-refractivity contribution is 7.89. The zero-order valence-electron chi connectivity index (χ0n) is 19.4. The van der Waals surface area contributed by atoms with E-state index >= 15 is 0 Å². The summed E-state index contributed by atoms with van der Waals surface area (Å²) in [6.45, 7) is 4.35. The average Bonchev–Trinajstić information content (AvgIpc) is 3.18. The van der Waals surface area contributed by atoms with E-state index in [0.717, 1.165) is 54.3 Å². The van der Waals surface area contributed by atoms with Crippen molar-refractivity contribution in [3.05, 3.63) is 36.3 Å². The number of fused-ring (bicyclic) bond motifs is 4. The number of anilines is 3. The van der Waals surface area contributed by atoms with Crippen LogP contribution in [0.5, 0.6) is 0 Å². The van der Waals surface area contributed by atoms with Gasteiger partial charge in [-0.25, -0.2) is 22.9 Å². The molecule has 0 bridgehead atoms. The maximum atomic E-state index is 14.6. The minimum Gasteiger partial charge on any atom is -0.322 e. The molecule has 0 saturated heterocycles. The summed E-state index contributed by atoms with van der Waals surface area (Å²) < 4.78 is 39.9. The van der Waals surface area contributed by atoms with Gasteiger partial charge in [0.25, 0.3) is 0 Å². The van der Waals surface area contributed by atoms with Crippen LogP contribution in [0, 0.1) is 11.7 Å². The molecule has 3 aromatic rings. The fourth-order valence-electron chi connectivity index (χ4n) is 5.28. The van der Waals surface area contributed by atoms with Crippen molar-refractivity contribution in [3.8, 4) is 0 Å². The van der Waals surface area contributed by atoms with E-state index < -0.39 is 15.8 Å². The number of nitrogens with one attached hydrogen (secondary N) is 1. The molecule has 0 unspecified atom stereocenters. The summed E-state index contributed by atoms with van der Waals surface area (Å²) in [5.74, 6) is 0.691. The van der Waals surface area contributed by atoms with Crippen LogP contribution in [-0.4, -0.2) is 35.7 Å². The number of primary sulfonamides is 1. The van der Waals surface area contributed by atoms with Crippen molar-refractivity contribution in [2.24, 2.45) is 16.2 Å². The molecule has 3 heterocycles. The lowest BCUT2D eigenvalue weighted by molar-refractivity contribution is 0.274. The molecule has 1 aliphatic carbocycles. The van der Waals surface area contributed by atoms with Gasteiger partial charge in [0.1, 0.15) is 17.3 Å². The fraction of sp³-hybridized carbons (Fsp3) is 0.435. The minimum absolute atomic E-state index is 0.0612. The second-order valence-corrected chi connectivity index (χ2v) is 10.9. The van der Waals surface area contributed by atoms with Crippen LogP contribution in [0.4, 0.5) is 21.8 Å². The molecule has 0 atom stereocenters. The van der Waals surface area contributed by atoms with E-state index in [1.165, 1.54) is 18.6 Å². The molecule has 5 rings (SSSR count). The van der Waals surface area contributed by atoms with Gasteiger partial charge in [-0.2, -0.15) is 10.1 Å². The maximum absolute atomic E-state index is 14.6. The molecule has 180 valence electrons. The maximum Gasteiger partial charge on any atom is 0.238 e. The molecule has 9 nitrogen and oxygen atoms in total. The lowest BCUT2D eigenvalue weighted by Gasteiger charge is -2.46. The number of hydrazone groups is 1. The van der Waals surface area contributed by atoms with Crippen molar-refractivity contribution in [1.29, 1.82) is 0 Å². The first-order chi connectivity index (χ1) is 16.1. The zero-order valence-corrected chi connectivity index (χ0v) is 20.2. The summed E-state index contributed by atoms with van der Waals surface area (Å²) in [4.78, 5) is 8.86. The van der Waals surface area contributed by atoms with Crippen LogP contribution in [0.3, 0.4) is 0 Å². The number of rotatable bonds is 4. The predicted molar refractivity (Wildman–Crippen MR) is 130 cm³/mol. The van der Waals surface area contributed by atoms with Crippen LogP contribution in [0.1, 0.15) is 46.0 Å². The Bertz CT molecular complexity index is 1410. The van der Waals surface area contributed by atoms with E-state index in [4.69, 9.17) is 15.2 Å². The van der Waals surface area contributed by atoms with Gasteiger partial charge in [0.2, 0.25) is 16.0 Å². The Balaban J connectivity index is 1.61. The highest BCUT2D eigenvalue weighted by Gasteiger charge is 2.45. The molecule has 1 saturated carbocycles. The molecule has 2 aliphatic rings. The van der Waals surface area contributed by atoms with Crippen molar-refractivity contribution in [2.45, 2.75) is 56.4 Å². The number of nitrogens with zero attached hydrogens (tertiary/aromatic N) is 5. The Morgan fingerprint density at radius 2 is 1.91 bits per heavy atom. The number of benzene rings is 1. The molecule has 1 fully saturated rings.